The molecular weight excluding hydrogens is 412 g/mol. The Morgan fingerprint density at radius 3 is 2.93 bits per heavy atom. The van der Waals surface area contributed by atoms with Gasteiger partial charge in [0.2, 0.25) is 5.95 Å². The fraction of sp³-hybridized carbons (Fsp3) is 0.571. The number of carboxylic acid groups (broad SMARTS) is 1. The van der Waals surface area contributed by atoms with E-state index in [1.165, 1.54) is 24.7 Å². The van der Waals surface area contributed by atoms with E-state index in [4.69, 9.17) is 30.4 Å². The second kappa shape index (κ2) is 6.57. The van der Waals surface area contributed by atoms with Crippen molar-refractivity contribution >= 4 is 36.6 Å². The van der Waals surface area contributed by atoms with Crippen molar-refractivity contribution in [1.29, 1.82) is 0 Å². The summed E-state index contributed by atoms with van der Waals surface area (Å²) in [5.74, 6) is -1.36. The number of aliphatic carboxylic acids is 1. The van der Waals surface area contributed by atoms with Crippen LogP contribution < -0.4 is 16.6 Å². The molecule has 2 saturated heterocycles. The van der Waals surface area contributed by atoms with Crippen LogP contribution in [0.4, 0.5) is 16.2 Å². The van der Waals surface area contributed by atoms with Gasteiger partial charge in [-0.1, -0.05) is 0 Å². The van der Waals surface area contributed by atoms with Crippen LogP contribution in [0.3, 0.4) is 0 Å². The first-order chi connectivity index (χ1) is 13.5. The zero-order chi connectivity index (χ0) is 21.1. The average Bonchev–Trinajstić information content (AvgIpc) is 3.13. The highest BCUT2D eigenvalue weighted by Gasteiger charge is 2.61. The summed E-state index contributed by atoms with van der Waals surface area (Å²) in [6, 6.07) is -1.23. The molecule has 6 N–H and O–H groups in total. The van der Waals surface area contributed by atoms with Gasteiger partial charge in [-0.3, -0.25) is 18.4 Å². The summed E-state index contributed by atoms with van der Waals surface area (Å²) in [6.45, 7) is 2.19. The number of alkyl halides is 1. The number of nitrogens with two attached hydrogens (primary N) is 2. The molecule has 0 aromatic carbocycles. The summed E-state index contributed by atoms with van der Waals surface area (Å²) in [6.07, 6.45) is -2.22. The Kier molecular flexibility index (Phi) is 4.51. The van der Waals surface area contributed by atoms with Gasteiger partial charge in [0.1, 0.15) is 23.8 Å². The molecule has 0 spiro atoms. The van der Waals surface area contributed by atoms with E-state index in [0.29, 0.717) is 0 Å². The van der Waals surface area contributed by atoms with Gasteiger partial charge in [0.25, 0.3) is 0 Å². The van der Waals surface area contributed by atoms with Gasteiger partial charge in [-0.05, 0) is 13.8 Å². The number of aromatic nitrogens is 4. The number of ether oxygens (including phenoxy) is 1. The van der Waals surface area contributed by atoms with E-state index in [9.17, 15) is 9.36 Å². The third-order valence-electron chi connectivity index (χ3n) is 4.78. The van der Waals surface area contributed by atoms with Crippen LogP contribution >= 0.6 is 7.75 Å². The Hall–Kier alpha value is -2.38. The van der Waals surface area contributed by atoms with E-state index in [1.54, 1.807) is 0 Å². The lowest BCUT2D eigenvalue weighted by atomic mass is 9.98. The predicted molar refractivity (Wildman–Crippen MR) is 96.2 cm³/mol. The molecule has 1 unspecified atom stereocenters. The molecule has 158 valence electrons. The van der Waals surface area contributed by atoms with Gasteiger partial charge < -0.3 is 21.3 Å². The number of carboxylic acids is 1. The van der Waals surface area contributed by atoms with E-state index in [0.717, 1.165) is 0 Å². The number of halogens is 1. The summed E-state index contributed by atoms with van der Waals surface area (Å²) in [4.78, 5) is 23.0. The van der Waals surface area contributed by atoms with Crippen LogP contribution in [0.2, 0.25) is 0 Å². The largest absolute Gasteiger partial charge is 0.480 e. The van der Waals surface area contributed by atoms with Crippen LogP contribution in [0.25, 0.3) is 11.2 Å². The van der Waals surface area contributed by atoms with Gasteiger partial charge in [-0.15, -0.1) is 0 Å². The van der Waals surface area contributed by atoms with E-state index in [1.807, 2.05) is 0 Å². The van der Waals surface area contributed by atoms with Crippen molar-refractivity contribution in [2.24, 2.45) is 0 Å². The van der Waals surface area contributed by atoms with Crippen LogP contribution in [0.5, 0.6) is 0 Å². The first-order valence-electron chi connectivity index (χ1n) is 8.55. The second-order valence-electron chi connectivity index (χ2n) is 6.98. The van der Waals surface area contributed by atoms with Crippen LogP contribution in [0.1, 0.15) is 20.1 Å². The molecule has 13 nitrogen and oxygen atoms in total. The molecule has 2 aliphatic rings. The van der Waals surface area contributed by atoms with Crippen molar-refractivity contribution in [2.75, 3.05) is 18.1 Å². The molecule has 15 heteroatoms. The highest BCUT2D eigenvalue weighted by Crippen LogP contribution is 2.57. The molecule has 29 heavy (non-hydrogen) atoms. The van der Waals surface area contributed by atoms with Crippen LogP contribution in [-0.2, 0) is 23.1 Å². The highest BCUT2D eigenvalue weighted by molar-refractivity contribution is 7.51. The maximum atomic E-state index is 15.8. The van der Waals surface area contributed by atoms with Gasteiger partial charge in [0.05, 0.1) is 12.9 Å². The molecule has 2 fully saturated rings. The molecule has 0 bridgehead atoms. The number of imidazole rings is 1. The summed E-state index contributed by atoms with van der Waals surface area (Å²) in [5.41, 5.74) is 9.57. The predicted octanol–water partition coefficient (Wildman–Crippen LogP) is 0.203. The lowest BCUT2D eigenvalue weighted by Gasteiger charge is -2.35. The normalized spacial score (nSPS) is 35.5. The van der Waals surface area contributed by atoms with Gasteiger partial charge >= 0.3 is 13.7 Å². The maximum absolute atomic E-state index is 15.8. The average molecular weight is 431 g/mol. The molecule has 0 saturated carbocycles. The Morgan fingerprint density at radius 2 is 2.24 bits per heavy atom. The minimum absolute atomic E-state index is 0.0261. The molecule has 0 amide bonds. The Balaban J connectivity index is 1.66. The zero-order valence-electron chi connectivity index (χ0n) is 15.4. The molecule has 4 rings (SSSR count). The first kappa shape index (κ1) is 19.9. The van der Waals surface area contributed by atoms with E-state index >= 15 is 4.39 Å². The summed E-state index contributed by atoms with van der Waals surface area (Å²) >= 11 is 0. The van der Waals surface area contributed by atoms with Gasteiger partial charge in [0, 0.05) is 0 Å². The molecule has 2 aromatic rings. The van der Waals surface area contributed by atoms with Crippen molar-refractivity contribution in [3.63, 3.8) is 0 Å². The molecular formula is C14H19FN7O6P. The maximum Gasteiger partial charge on any atom is 0.406 e. The second-order valence-corrected chi connectivity index (χ2v) is 8.70. The summed E-state index contributed by atoms with van der Waals surface area (Å²) in [5, 5.41) is 11.2. The summed E-state index contributed by atoms with van der Waals surface area (Å²) < 4.78 is 46.1. The standard InChI is InChI=1S/C14H19FN7O6P/c1-5(11(23)24)21-29(25)26-3-6-8(28-29)14(2,15)12(27-6)22-4-18-7-9(16)19-13(17)20-10(7)22/h4-6,8,12H,3H2,1-2H3,(H,21,25)(H,23,24)(H4,16,17,19,20)/t5?,6-,8-,12-,14-,29-/m1/s1. The third-order valence-corrected chi connectivity index (χ3v) is 6.48. The van der Waals surface area contributed by atoms with Gasteiger partial charge in [-0.2, -0.15) is 9.97 Å². The number of fused-ring (bicyclic) bond motifs is 2. The minimum atomic E-state index is -4.08. The molecule has 0 radical (unpaired) electrons. The minimum Gasteiger partial charge on any atom is -0.480 e. The van der Waals surface area contributed by atoms with Crippen molar-refractivity contribution in [1.82, 2.24) is 24.6 Å². The fourth-order valence-corrected chi connectivity index (χ4v) is 5.11. The topological polar surface area (TPSA) is 190 Å². The number of carbonyl (C=O) groups is 1. The Bertz CT molecular complexity index is 1030. The number of rotatable bonds is 4. The number of nitrogens with zero attached hydrogens (tertiary/aromatic N) is 4. The van der Waals surface area contributed by atoms with Gasteiger partial charge in [-0.25, -0.2) is 19.0 Å². The van der Waals surface area contributed by atoms with Crippen molar-refractivity contribution in [3.05, 3.63) is 6.33 Å². The molecule has 0 aliphatic carbocycles. The van der Waals surface area contributed by atoms with Gasteiger partial charge in [0.15, 0.2) is 23.4 Å². The van der Waals surface area contributed by atoms with Crippen molar-refractivity contribution in [2.45, 2.75) is 44.0 Å². The van der Waals surface area contributed by atoms with Crippen LogP contribution in [-0.4, -0.2) is 61.1 Å². The smallest absolute Gasteiger partial charge is 0.406 e. The number of hydrogen-bond acceptors (Lipinski definition) is 10. The van der Waals surface area contributed by atoms with Crippen molar-refractivity contribution < 1.29 is 32.6 Å². The Labute approximate surface area is 163 Å². The molecule has 2 aliphatic heterocycles. The lowest BCUT2D eigenvalue weighted by molar-refractivity contribution is -0.138. The number of nitrogens with one attached hydrogen (secondary N) is 1. The SMILES string of the molecule is CC(N[P@@]1(=O)OC[C@H]2O[C@@H](n3cnc4c(N)nc(N)nc43)[C@](C)(F)[C@@H]2O1)C(=O)O. The quantitative estimate of drug-likeness (QED) is 0.482. The third kappa shape index (κ3) is 3.22. The lowest BCUT2D eigenvalue weighted by Crippen LogP contribution is -2.47. The summed E-state index contributed by atoms with van der Waals surface area (Å²) in [7, 11) is -4.08. The highest BCUT2D eigenvalue weighted by atomic mass is 31.2. The Morgan fingerprint density at radius 1 is 1.52 bits per heavy atom. The fourth-order valence-electron chi connectivity index (χ4n) is 3.35. The first-order valence-corrected chi connectivity index (χ1v) is 10.1. The van der Waals surface area contributed by atoms with Crippen LogP contribution in [0, 0.1) is 0 Å². The number of anilines is 2. The number of nitrogen functional groups attached to an aromatic ring is 2. The van der Waals surface area contributed by atoms with E-state index in [-0.39, 0.29) is 29.5 Å². The zero-order valence-corrected chi connectivity index (χ0v) is 16.2. The van der Waals surface area contributed by atoms with E-state index < -0.39 is 43.9 Å². The van der Waals surface area contributed by atoms with E-state index in [2.05, 4.69) is 20.0 Å². The van der Waals surface area contributed by atoms with Crippen molar-refractivity contribution in [3.8, 4) is 0 Å². The molecule has 2 aromatic heterocycles. The number of hydrogen-bond donors (Lipinski definition) is 4. The van der Waals surface area contributed by atoms with Crippen LogP contribution in [0.15, 0.2) is 6.33 Å². The monoisotopic (exact) mass is 431 g/mol. The molecule has 4 heterocycles. The molecule has 6 atom stereocenters.